The van der Waals surface area contributed by atoms with Crippen LogP contribution in [0.3, 0.4) is 0 Å². The number of amides is 2. The predicted octanol–water partition coefficient (Wildman–Crippen LogP) is 5.76. The van der Waals surface area contributed by atoms with Crippen LogP contribution in [0.2, 0.25) is 0 Å². The van der Waals surface area contributed by atoms with Crippen molar-refractivity contribution in [2.45, 2.75) is 50.6 Å². The van der Waals surface area contributed by atoms with Gasteiger partial charge in [0.15, 0.2) is 0 Å². The topological polar surface area (TPSA) is 96.0 Å². The molecule has 0 heterocycles. The van der Waals surface area contributed by atoms with Crippen LogP contribution in [0, 0.1) is 6.92 Å². The molecule has 0 saturated carbocycles. The van der Waals surface area contributed by atoms with Gasteiger partial charge in [-0.2, -0.15) is 0 Å². The summed E-state index contributed by atoms with van der Waals surface area (Å²) >= 11 is 0. The molecule has 0 fully saturated rings. The fraction of sp³-hybridized carbons (Fsp3) is 0.278. The van der Waals surface area contributed by atoms with E-state index >= 15 is 0 Å². The molecule has 45 heavy (non-hydrogen) atoms. The Bertz CT molecular complexity index is 1650. The van der Waals surface area contributed by atoms with E-state index in [1.807, 2.05) is 68.4 Å². The molecule has 0 aromatic heterocycles. The van der Waals surface area contributed by atoms with Crippen LogP contribution in [0.15, 0.2) is 114 Å². The molecule has 9 heteroatoms. The van der Waals surface area contributed by atoms with Crippen LogP contribution in [-0.2, 0) is 32.6 Å². The first-order valence-corrected chi connectivity index (χ1v) is 16.6. The molecule has 0 aliphatic heterocycles. The second-order valence-electron chi connectivity index (χ2n) is 10.9. The number of ether oxygens (including phenoxy) is 1. The summed E-state index contributed by atoms with van der Waals surface area (Å²) in [6.07, 6.45) is 1.98. The van der Waals surface area contributed by atoms with E-state index in [2.05, 4.69) is 5.32 Å². The number of methoxy groups -OCH3 is 1. The molecule has 8 nitrogen and oxygen atoms in total. The number of para-hydroxylation sites is 1. The number of nitrogens with zero attached hydrogens (tertiary/aromatic N) is 2. The maximum Gasteiger partial charge on any atom is 0.264 e. The first-order valence-electron chi connectivity index (χ1n) is 15.1. The average Bonchev–Trinajstić information content (AvgIpc) is 3.06. The van der Waals surface area contributed by atoms with E-state index in [1.54, 1.807) is 42.5 Å². The fourth-order valence-corrected chi connectivity index (χ4v) is 6.48. The molecule has 0 spiro atoms. The Morgan fingerprint density at radius 2 is 1.49 bits per heavy atom. The number of aryl methyl sites for hydroxylation is 1. The smallest absolute Gasteiger partial charge is 0.264 e. The van der Waals surface area contributed by atoms with E-state index in [0.29, 0.717) is 18.0 Å². The van der Waals surface area contributed by atoms with Crippen molar-refractivity contribution in [3.8, 4) is 5.75 Å². The summed E-state index contributed by atoms with van der Waals surface area (Å²) < 4.78 is 34.5. The molecule has 0 bridgehead atoms. The van der Waals surface area contributed by atoms with Gasteiger partial charge in [0.25, 0.3) is 10.0 Å². The highest BCUT2D eigenvalue weighted by molar-refractivity contribution is 7.92. The largest absolute Gasteiger partial charge is 0.497 e. The zero-order chi connectivity index (χ0) is 32.2. The highest BCUT2D eigenvalue weighted by Crippen LogP contribution is 2.26. The van der Waals surface area contributed by atoms with E-state index < -0.39 is 28.5 Å². The Kier molecular flexibility index (Phi) is 11.8. The molecule has 4 aromatic carbocycles. The van der Waals surface area contributed by atoms with Gasteiger partial charge in [0.05, 0.1) is 17.7 Å². The molecule has 0 aliphatic carbocycles. The summed E-state index contributed by atoms with van der Waals surface area (Å²) in [5.41, 5.74) is 3.08. The number of rotatable bonds is 15. The number of nitrogens with one attached hydrogen (secondary N) is 1. The van der Waals surface area contributed by atoms with Crippen molar-refractivity contribution in [3.05, 3.63) is 126 Å². The number of anilines is 1. The van der Waals surface area contributed by atoms with Gasteiger partial charge >= 0.3 is 0 Å². The first kappa shape index (κ1) is 33.3. The molecule has 4 aromatic rings. The van der Waals surface area contributed by atoms with Gasteiger partial charge < -0.3 is 15.0 Å². The Labute approximate surface area is 266 Å². The van der Waals surface area contributed by atoms with Crippen molar-refractivity contribution >= 4 is 27.5 Å². The average molecular weight is 628 g/mol. The fourth-order valence-electron chi connectivity index (χ4n) is 5.07. The van der Waals surface area contributed by atoms with Crippen LogP contribution in [0.25, 0.3) is 0 Å². The molecule has 4 rings (SSSR count). The van der Waals surface area contributed by atoms with E-state index in [0.717, 1.165) is 33.8 Å². The van der Waals surface area contributed by atoms with Crippen LogP contribution in [0.4, 0.5) is 5.69 Å². The van der Waals surface area contributed by atoms with Crippen molar-refractivity contribution in [2.24, 2.45) is 0 Å². The Balaban J connectivity index is 1.77. The molecular weight excluding hydrogens is 586 g/mol. The molecule has 236 valence electrons. The number of carbonyl (C=O) groups excluding carboxylic acids is 2. The third-order valence-electron chi connectivity index (χ3n) is 7.51. The lowest BCUT2D eigenvalue weighted by Crippen LogP contribution is -2.53. The molecule has 0 unspecified atom stereocenters. The minimum absolute atomic E-state index is 0.0170. The minimum Gasteiger partial charge on any atom is -0.497 e. The van der Waals surface area contributed by atoms with E-state index in [9.17, 15) is 18.0 Å². The zero-order valence-electron chi connectivity index (χ0n) is 26.1. The van der Waals surface area contributed by atoms with Gasteiger partial charge in [-0.25, -0.2) is 8.42 Å². The summed E-state index contributed by atoms with van der Waals surface area (Å²) in [6.45, 7) is 4.12. The molecule has 0 aliphatic rings. The van der Waals surface area contributed by atoms with Crippen LogP contribution >= 0.6 is 0 Å². The highest BCUT2D eigenvalue weighted by atomic mass is 32.2. The number of carbonyl (C=O) groups is 2. The number of unbranched alkanes of at least 4 members (excludes halogenated alkanes) is 1. The van der Waals surface area contributed by atoms with Gasteiger partial charge in [-0.3, -0.25) is 13.9 Å². The summed E-state index contributed by atoms with van der Waals surface area (Å²) in [5.74, 6) is -0.264. The Morgan fingerprint density at radius 3 is 2.11 bits per heavy atom. The Morgan fingerprint density at radius 1 is 0.844 bits per heavy atom. The van der Waals surface area contributed by atoms with Gasteiger partial charge in [0.1, 0.15) is 18.3 Å². The minimum atomic E-state index is -4.18. The maximum absolute atomic E-state index is 14.5. The number of sulfonamides is 1. The summed E-state index contributed by atoms with van der Waals surface area (Å²) in [4.78, 5) is 29.8. The third-order valence-corrected chi connectivity index (χ3v) is 9.29. The van der Waals surface area contributed by atoms with Crippen LogP contribution in [0.1, 0.15) is 36.5 Å². The van der Waals surface area contributed by atoms with Gasteiger partial charge in [-0.05, 0) is 60.9 Å². The van der Waals surface area contributed by atoms with Crippen molar-refractivity contribution in [3.63, 3.8) is 0 Å². The summed E-state index contributed by atoms with van der Waals surface area (Å²) in [7, 11) is -2.67. The van der Waals surface area contributed by atoms with Crippen molar-refractivity contribution in [2.75, 3.05) is 24.5 Å². The zero-order valence-corrected chi connectivity index (χ0v) is 26.9. The highest BCUT2D eigenvalue weighted by Gasteiger charge is 2.34. The maximum atomic E-state index is 14.5. The molecular formula is C36H41N3O5S. The van der Waals surface area contributed by atoms with Crippen molar-refractivity contribution in [1.82, 2.24) is 10.2 Å². The van der Waals surface area contributed by atoms with E-state index in [-0.39, 0.29) is 23.8 Å². The predicted molar refractivity (Wildman–Crippen MR) is 178 cm³/mol. The van der Waals surface area contributed by atoms with Crippen molar-refractivity contribution < 1.29 is 22.7 Å². The second kappa shape index (κ2) is 15.9. The van der Waals surface area contributed by atoms with E-state index in [4.69, 9.17) is 4.74 Å². The quantitative estimate of drug-likeness (QED) is 0.169. The van der Waals surface area contributed by atoms with Gasteiger partial charge in [-0.15, -0.1) is 0 Å². The van der Waals surface area contributed by atoms with Crippen LogP contribution in [0.5, 0.6) is 5.75 Å². The summed E-state index contributed by atoms with van der Waals surface area (Å²) in [5, 5.41) is 3.01. The van der Waals surface area contributed by atoms with Gasteiger partial charge in [-0.1, -0.05) is 91.7 Å². The third kappa shape index (κ3) is 8.95. The molecule has 1 N–H and O–H groups in total. The summed E-state index contributed by atoms with van der Waals surface area (Å²) in [6, 6.07) is 31.0. The molecule has 0 radical (unpaired) electrons. The lowest BCUT2D eigenvalue weighted by molar-refractivity contribution is -0.140. The first-order chi connectivity index (χ1) is 21.7. The SMILES string of the molecule is CCCCNC(=O)[C@H](Cc1ccccc1)N(Cc1cccc(C)c1)C(=O)CN(c1ccccc1)S(=O)(=O)c1ccc(OC)cc1. The monoisotopic (exact) mass is 627 g/mol. The molecule has 2 amide bonds. The standard InChI is InChI=1S/C36H41N3O5S/c1-4-5-23-37-36(41)34(25-29-14-8-6-9-15-29)38(26-30-16-12-13-28(2)24-30)35(40)27-39(31-17-10-7-11-18-31)45(42,43)33-21-19-32(44-3)20-22-33/h6-22,24,34H,4-5,23,25-27H2,1-3H3,(H,37,41)/t34-/m0/s1. The number of benzene rings is 4. The Hall–Kier alpha value is -4.63. The normalized spacial score (nSPS) is 11.8. The number of hydrogen-bond donors (Lipinski definition) is 1. The lowest BCUT2D eigenvalue weighted by Gasteiger charge is -2.34. The second-order valence-corrected chi connectivity index (χ2v) is 12.7. The van der Waals surface area contributed by atoms with E-state index in [1.165, 1.54) is 24.1 Å². The number of hydrogen-bond acceptors (Lipinski definition) is 5. The van der Waals surface area contributed by atoms with Gasteiger partial charge in [0, 0.05) is 19.5 Å². The van der Waals surface area contributed by atoms with Crippen molar-refractivity contribution in [1.29, 1.82) is 0 Å². The van der Waals surface area contributed by atoms with Crippen LogP contribution in [-0.4, -0.2) is 51.4 Å². The lowest BCUT2D eigenvalue weighted by atomic mass is 10.0. The molecule has 1 atom stereocenters. The van der Waals surface area contributed by atoms with Crippen LogP contribution < -0.4 is 14.4 Å². The molecule has 0 saturated heterocycles. The van der Waals surface area contributed by atoms with Gasteiger partial charge in [0.2, 0.25) is 11.8 Å².